The van der Waals surface area contributed by atoms with Gasteiger partial charge in [-0.25, -0.2) is 0 Å². The van der Waals surface area contributed by atoms with E-state index in [0.717, 1.165) is 98.9 Å². The van der Waals surface area contributed by atoms with Gasteiger partial charge in [-0.05, 0) is 30.3 Å². The number of rotatable bonds is 8. The van der Waals surface area contributed by atoms with Crippen molar-refractivity contribution in [1.82, 2.24) is 20.4 Å². The number of benzene rings is 2. The molecule has 3 heterocycles. The molecule has 3 aromatic rings. The van der Waals surface area contributed by atoms with Crippen LogP contribution in [0.2, 0.25) is 0 Å². The molecule has 7 heteroatoms. The average Bonchev–Trinajstić information content (AvgIpc) is 3.18. The largest absolute Gasteiger partial charge is 0.492 e. The number of nitrogens with zero attached hydrogens (tertiary/aromatic N) is 2. The molecule has 2 aromatic carbocycles. The number of furan rings is 1. The summed E-state index contributed by atoms with van der Waals surface area (Å²) in [6.07, 6.45) is 0. The highest BCUT2D eigenvalue weighted by atomic mass is 16.5. The van der Waals surface area contributed by atoms with E-state index in [4.69, 9.17) is 13.9 Å². The summed E-state index contributed by atoms with van der Waals surface area (Å²) in [6.45, 7) is 11.9. The van der Waals surface area contributed by atoms with E-state index in [1.165, 1.54) is 0 Å². The Morgan fingerprint density at radius 3 is 1.90 bits per heavy atom. The molecule has 5 rings (SSSR count). The van der Waals surface area contributed by atoms with Gasteiger partial charge in [0.1, 0.15) is 35.9 Å². The fourth-order valence-corrected chi connectivity index (χ4v) is 4.37. The van der Waals surface area contributed by atoms with E-state index in [9.17, 15) is 0 Å². The topological polar surface area (TPSA) is 62.1 Å². The molecule has 2 fully saturated rings. The second-order valence-electron chi connectivity index (χ2n) is 8.30. The van der Waals surface area contributed by atoms with Gasteiger partial charge in [-0.3, -0.25) is 9.80 Å². The molecule has 2 aliphatic rings. The van der Waals surface area contributed by atoms with Crippen molar-refractivity contribution in [1.29, 1.82) is 0 Å². The molecule has 0 atom stereocenters. The highest BCUT2D eigenvalue weighted by Crippen LogP contribution is 2.33. The first kappa shape index (κ1) is 20.6. The van der Waals surface area contributed by atoms with Crippen LogP contribution in [0.15, 0.2) is 40.8 Å². The Labute approximate surface area is 183 Å². The second-order valence-corrected chi connectivity index (χ2v) is 8.30. The highest BCUT2D eigenvalue weighted by molar-refractivity contribution is 6.05. The Hall–Kier alpha value is -2.32. The summed E-state index contributed by atoms with van der Waals surface area (Å²) in [4.78, 5) is 4.87. The first-order valence-electron chi connectivity index (χ1n) is 11.4. The lowest BCUT2D eigenvalue weighted by Gasteiger charge is -2.26. The fraction of sp³-hybridized carbons (Fsp3) is 0.500. The Morgan fingerprint density at radius 2 is 1.26 bits per heavy atom. The highest BCUT2D eigenvalue weighted by Gasteiger charge is 2.12. The van der Waals surface area contributed by atoms with Crippen molar-refractivity contribution in [3.05, 3.63) is 36.4 Å². The van der Waals surface area contributed by atoms with Gasteiger partial charge in [0.15, 0.2) is 0 Å². The second kappa shape index (κ2) is 9.87. The third-order valence-electron chi connectivity index (χ3n) is 6.19. The predicted molar refractivity (Wildman–Crippen MR) is 123 cm³/mol. The Kier molecular flexibility index (Phi) is 6.55. The normalized spacial score (nSPS) is 18.6. The van der Waals surface area contributed by atoms with Crippen LogP contribution in [-0.2, 0) is 0 Å². The van der Waals surface area contributed by atoms with Gasteiger partial charge in [0.25, 0.3) is 0 Å². The molecule has 2 aliphatic heterocycles. The molecule has 31 heavy (non-hydrogen) atoms. The van der Waals surface area contributed by atoms with Crippen molar-refractivity contribution in [3.63, 3.8) is 0 Å². The Balaban J connectivity index is 1.20. The van der Waals surface area contributed by atoms with Gasteiger partial charge in [0, 0.05) is 82.3 Å². The van der Waals surface area contributed by atoms with E-state index in [1.807, 2.05) is 24.3 Å². The molecule has 1 aromatic heterocycles. The molecule has 2 saturated heterocycles. The van der Waals surface area contributed by atoms with Gasteiger partial charge in [0.2, 0.25) is 0 Å². The quantitative estimate of drug-likeness (QED) is 0.575. The van der Waals surface area contributed by atoms with Gasteiger partial charge >= 0.3 is 0 Å². The van der Waals surface area contributed by atoms with Gasteiger partial charge < -0.3 is 24.5 Å². The van der Waals surface area contributed by atoms with Crippen LogP contribution in [0, 0.1) is 0 Å². The van der Waals surface area contributed by atoms with Crippen molar-refractivity contribution in [2.24, 2.45) is 0 Å². The lowest BCUT2D eigenvalue weighted by Crippen LogP contribution is -2.44. The predicted octanol–water partition coefficient (Wildman–Crippen LogP) is 2.15. The van der Waals surface area contributed by atoms with Gasteiger partial charge in [-0.15, -0.1) is 0 Å². The maximum atomic E-state index is 6.07. The van der Waals surface area contributed by atoms with E-state index in [1.54, 1.807) is 0 Å². The van der Waals surface area contributed by atoms with Crippen molar-refractivity contribution >= 4 is 21.9 Å². The molecule has 0 spiro atoms. The molecule has 0 amide bonds. The summed E-state index contributed by atoms with van der Waals surface area (Å²) in [7, 11) is 0. The van der Waals surface area contributed by atoms with Crippen LogP contribution in [0.4, 0.5) is 0 Å². The summed E-state index contributed by atoms with van der Waals surface area (Å²) < 4.78 is 18.1. The smallest absolute Gasteiger partial charge is 0.139 e. The maximum absolute atomic E-state index is 6.07. The van der Waals surface area contributed by atoms with Crippen LogP contribution < -0.4 is 20.1 Å². The third kappa shape index (κ3) is 5.13. The van der Waals surface area contributed by atoms with Crippen LogP contribution in [-0.4, -0.2) is 88.5 Å². The van der Waals surface area contributed by atoms with Crippen molar-refractivity contribution in [3.8, 4) is 11.5 Å². The monoisotopic (exact) mass is 424 g/mol. The Bertz CT molecular complexity index is 993. The van der Waals surface area contributed by atoms with E-state index < -0.39 is 0 Å². The number of piperazine rings is 2. The van der Waals surface area contributed by atoms with E-state index in [0.29, 0.717) is 13.2 Å². The molecule has 0 aliphatic carbocycles. The van der Waals surface area contributed by atoms with Crippen LogP contribution in [0.5, 0.6) is 11.5 Å². The fourth-order valence-electron chi connectivity index (χ4n) is 4.37. The number of nitrogens with one attached hydrogen (secondary N) is 2. The molecule has 7 nitrogen and oxygen atoms in total. The summed E-state index contributed by atoms with van der Waals surface area (Å²) in [5, 5.41) is 8.94. The molecule has 166 valence electrons. The maximum Gasteiger partial charge on any atom is 0.139 e. The third-order valence-corrected chi connectivity index (χ3v) is 6.19. The van der Waals surface area contributed by atoms with Crippen LogP contribution in [0.1, 0.15) is 0 Å². The molecule has 0 saturated carbocycles. The molecular formula is C24H32N4O3. The zero-order valence-corrected chi connectivity index (χ0v) is 18.1. The van der Waals surface area contributed by atoms with Gasteiger partial charge in [-0.1, -0.05) is 0 Å². The lowest BCUT2D eigenvalue weighted by atomic mass is 10.1. The standard InChI is InChI=1S/C24H32N4O3/c1-3-21-22-17-19(29-15-13-27-9-5-25-6-10-27)2-4-23(22)31-24(21)18-20(1)30-16-14-28-11-7-26-8-12-28/h1-4,17-18,25-26H,5-16H2. The van der Waals surface area contributed by atoms with E-state index >= 15 is 0 Å². The average molecular weight is 425 g/mol. The lowest BCUT2D eigenvalue weighted by molar-refractivity contribution is 0.191. The first-order chi connectivity index (χ1) is 15.3. The summed E-state index contributed by atoms with van der Waals surface area (Å²) in [5.74, 6) is 1.75. The first-order valence-corrected chi connectivity index (χ1v) is 11.4. The van der Waals surface area contributed by atoms with Crippen LogP contribution in [0.25, 0.3) is 21.9 Å². The molecule has 0 unspecified atom stereocenters. The molecular weight excluding hydrogens is 392 g/mol. The number of ether oxygens (including phenoxy) is 2. The molecule has 0 radical (unpaired) electrons. The zero-order valence-electron chi connectivity index (χ0n) is 18.1. The minimum atomic E-state index is 0.691. The van der Waals surface area contributed by atoms with Gasteiger partial charge in [-0.2, -0.15) is 0 Å². The number of hydrogen-bond acceptors (Lipinski definition) is 7. The summed E-state index contributed by atoms with van der Waals surface area (Å²) >= 11 is 0. The van der Waals surface area contributed by atoms with E-state index in [-0.39, 0.29) is 0 Å². The number of fused-ring (bicyclic) bond motifs is 3. The van der Waals surface area contributed by atoms with Crippen molar-refractivity contribution < 1.29 is 13.9 Å². The summed E-state index contributed by atoms with van der Waals surface area (Å²) in [5.41, 5.74) is 1.73. The van der Waals surface area contributed by atoms with Crippen LogP contribution >= 0.6 is 0 Å². The van der Waals surface area contributed by atoms with Crippen molar-refractivity contribution in [2.45, 2.75) is 0 Å². The number of hydrogen-bond donors (Lipinski definition) is 2. The molecule has 0 bridgehead atoms. The van der Waals surface area contributed by atoms with Crippen molar-refractivity contribution in [2.75, 3.05) is 78.7 Å². The SMILES string of the molecule is c1cc2c(cc1OCCN1CCNCC1)oc1ccc(OCCN3CCNCC3)cc12. The van der Waals surface area contributed by atoms with Gasteiger partial charge in [0.05, 0.1) is 0 Å². The van der Waals surface area contributed by atoms with Crippen LogP contribution in [0.3, 0.4) is 0 Å². The van der Waals surface area contributed by atoms with E-state index in [2.05, 4.69) is 32.6 Å². The summed E-state index contributed by atoms with van der Waals surface area (Å²) in [6, 6.07) is 12.2. The Morgan fingerprint density at radius 1 is 0.677 bits per heavy atom. The minimum Gasteiger partial charge on any atom is -0.492 e. The minimum absolute atomic E-state index is 0.691. The molecule has 2 N–H and O–H groups in total. The zero-order chi connectivity index (χ0) is 20.9.